The van der Waals surface area contributed by atoms with Gasteiger partial charge in [0.1, 0.15) is 11.6 Å². The van der Waals surface area contributed by atoms with Gasteiger partial charge in [-0.25, -0.2) is 9.97 Å². The summed E-state index contributed by atoms with van der Waals surface area (Å²) < 4.78 is 50.6. The van der Waals surface area contributed by atoms with Crippen molar-refractivity contribution in [2.24, 2.45) is 17.8 Å². The SMILES string of the molecule is CCOC(=O)C1C2CC(OC3CCN(c4ccc(-c5nc6ccc(C(F)(F)F)cc6[nH]5)cn4)CC3)CC21. The quantitative estimate of drug-likeness (QED) is 0.455. The van der Waals surface area contributed by atoms with Crippen molar-refractivity contribution in [2.45, 2.75) is 51.0 Å². The van der Waals surface area contributed by atoms with E-state index >= 15 is 0 Å². The molecule has 1 N–H and O–H groups in total. The average Bonchev–Trinajstić information content (AvgIpc) is 3.19. The highest BCUT2D eigenvalue weighted by Crippen LogP contribution is 2.58. The number of pyridine rings is 1. The number of fused-ring (bicyclic) bond motifs is 2. The van der Waals surface area contributed by atoms with Crippen LogP contribution in [0.4, 0.5) is 19.0 Å². The highest BCUT2D eigenvalue weighted by atomic mass is 19.4. The second-order valence-electron chi connectivity index (χ2n) is 10.2. The highest BCUT2D eigenvalue weighted by Gasteiger charge is 2.60. The number of carbonyl (C=O) groups is 1. The van der Waals surface area contributed by atoms with Gasteiger partial charge in [0, 0.05) is 24.8 Å². The van der Waals surface area contributed by atoms with Crippen molar-refractivity contribution in [1.82, 2.24) is 15.0 Å². The van der Waals surface area contributed by atoms with E-state index in [0.29, 0.717) is 40.9 Å². The first-order valence-corrected chi connectivity index (χ1v) is 12.9. The molecule has 2 aliphatic carbocycles. The minimum atomic E-state index is -4.40. The fourth-order valence-corrected chi connectivity index (χ4v) is 6.02. The number of carbonyl (C=O) groups excluding carboxylic acids is 1. The number of piperidine rings is 1. The summed E-state index contributed by atoms with van der Waals surface area (Å²) in [4.78, 5) is 26.2. The van der Waals surface area contributed by atoms with Crippen LogP contribution in [-0.4, -0.2) is 52.8 Å². The first-order valence-electron chi connectivity index (χ1n) is 12.9. The lowest BCUT2D eigenvalue weighted by molar-refractivity contribution is -0.146. The summed E-state index contributed by atoms with van der Waals surface area (Å²) in [5.41, 5.74) is 0.825. The Balaban J connectivity index is 1.02. The smallest absolute Gasteiger partial charge is 0.416 e. The van der Waals surface area contributed by atoms with Gasteiger partial charge in [0.15, 0.2) is 0 Å². The monoisotopic (exact) mass is 514 g/mol. The number of nitrogens with zero attached hydrogens (tertiary/aromatic N) is 3. The Bertz CT molecular complexity index is 1270. The lowest BCUT2D eigenvalue weighted by Gasteiger charge is -2.34. The third-order valence-electron chi connectivity index (χ3n) is 7.94. The molecule has 1 saturated heterocycles. The predicted octanol–water partition coefficient (Wildman–Crippen LogP) is 5.22. The molecule has 2 atom stereocenters. The molecule has 2 saturated carbocycles. The summed E-state index contributed by atoms with van der Waals surface area (Å²) in [5.74, 6) is 2.26. The number of alkyl halides is 3. The number of anilines is 1. The summed E-state index contributed by atoms with van der Waals surface area (Å²) in [6.07, 6.45) is 1.51. The average molecular weight is 515 g/mol. The lowest BCUT2D eigenvalue weighted by Crippen LogP contribution is -2.38. The lowest BCUT2D eigenvalue weighted by atomic mass is 10.1. The van der Waals surface area contributed by atoms with Gasteiger partial charge in [-0.3, -0.25) is 4.79 Å². The third kappa shape index (κ3) is 4.79. The van der Waals surface area contributed by atoms with E-state index in [4.69, 9.17) is 9.47 Å². The molecule has 196 valence electrons. The molecule has 1 aliphatic heterocycles. The molecule has 37 heavy (non-hydrogen) atoms. The molecule has 3 aromatic rings. The molecule has 2 aromatic heterocycles. The van der Waals surface area contributed by atoms with E-state index < -0.39 is 11.7 Å². The van der Waals surface area contributed by atoms with Gasteiger partial charge in [-0.05, 0) is 74.8 Å². The largest absolute Gasteiger partial charge is 0.466 e. The van der Waals surface area contributed by atoms with E-state index in [-0.39, 0.29) is 24.1 Å². The molecule has 6 rings (SSSR count). The minimum Gasteiger partial charge on any atom is -0.466 e. The fraction of sp³-hybridized carbons (Fsp3) is 0.519. The molecule has 1 aromatic carbocycles. The van der Waals surface area contributed by atoms with Gasteiger partial charge < -0.3 is 19.4 Å². The van der Waals surface area contributed by atoms with Crippen molar-refractivity contribution >= 4 is 22.8 Å². The summed E-state index contributed by atoms with van der Waals surface area (Å²) >= 11 is 0. The maximum Gasteiger partial charge on any atom is 0.416 e. The Morgan fingerprint density at radius 3 is 2.51 bits per heavy atom. The summed E-state index contributed by atoms with van der Waals surface area (Å²) in [6, 6.07) is 7.30. The maximum atomic E-state index is 13.0. The summed E-state index contributed by atoms with van der Waals surface area (Å²) in [7, 11) is 0. The Kier molecular flexibility index (Phi) is 6.09. The van der Waals surface area contributed by atoms with Gasteiger partial charge in [0.05, 0.1) is 41.3 Å². The topological polar surface area (TPSA) is 80.3 Å². The molecule has 3 aliphatic rings. The number of esters is 1. The normalized spacial score (nSPS) is 25.9. The molecule has 3 heterocycles. The van der Waals surface area contributed by atoms with Crippen molar-refractivity contribution in [3.63, 3.8) is 0 Å². The number of nitrogens with one attached hydrogen (secondary N) is 1. The Labute approximate surface area is 212 Å². The number of H-pyrrole nitrogens is 1. The van der Waals surface area contributed by atoms with Gasteiger partial charge in [-0.15, -0.1) is 0 Å². The van der Waals surface area contributed by atoms with Gasteiger partial charge in [0.25, 0.3) is 0 Å². The van der Waals surface area contributed by atoms with Crippen molar-refractivity contribution < 1.29 is 27.4 Å². The van der Waals surface area contributed by atoms with Crippen LogP contribution in [0.5, 0.6) is 0 Å². The molecule has 10 heteroatoms. The predicted molar refractivity (Wildman–Crippen MR) is 131 cm³/mol. The van der Waals surface area contributed by atoms with E-state index in [2.05, 4.69) is 19.9 Å². The van der Waals surface area contributed by atoms with E-state index in [1.54, 1.807) is 6.20 Å². The molecule has 2 unspecified atom stereocenters. The summed E-state index contributed by atoms with van der Waals surface area (Å²) in [6.45, 7) is 3.97. The van der Waals surface area contributed by atoms with Gasteiger partial charge in [-0.1, -0.05) is 0 Å². The van der Waals surface area contributed by atoms with Crippen molar-refractivity contribution in [1.29, 1.82) is 0 Å². The van der Waals surface area contributed by atoms with Crippen LogP contribution in [0.15, 0.2) is 36.5 Å². The molecule has 0 radical (unpaired) electrons. The number of imidazole rings is 1. The molecule has 7 nitrogen and oxygen atoms in total. The summed E-state index contributed by atoms with van der Waals surface area (Å²) in [5, 5.41) is 0. The number of halogens is 3. The molecular weight excluding hydrogens is 485 g/mol. The molecule has 0 spiro atoms. The number of rotatable bonds is 6. The van der Waals surface area contributed by atoms with Crippen LogP contribution < -0.4 is 4.90 Å². The van der Waals surface area contributed by atoms with E-state index in [1.165, 1.54) is 6.07 Å². The fourth-order valence-electron chi connectivity index (χ4n) is 6.02. The second kappa shape index (κ2) is 9.31. The zero-order chi connectivity index (χ0) is 25.7. The van der Waals surface area contributed by atoms with Gasteiger partial charge >= 0.3 is 12.1 Å². The van der Waals surface area contributed by atoms with E-state index in [0.717, 1.165) is 56.7 Å². The maximum absolute atomic E-state index is 13.0. The highest BCUT2D eigenvalue weighted by molar-refractivity contribution is 5.80. The van der Waals surface area contributed by atoms with Crippen LogP contribution in [0.1, 0.15) is 38.2 Å². The van der Waals surface area contributed by atoms with E-state index in [1.807, 2.05) is 19.1 Å². The number of benzene rings is 1. The van der Waals surface area contributed by atoms with Crippen molar-refractivity contribution in [3.8, 4) is 11.4 Å². The Hall–Kier alpha value is -3.14. The standard InChI is InChI=1S/C27H29F3N4O3/c1-2-36-26(35)24-19-12-18(13-20(19)24)37-17-7-9-34(10-8-17)23-6-3-15(14-31-23)25-32-21-5-4-16(27(28,29)30)11-22(21)33-25/h3-6,11,14,17-20,24H,2,7-10,12-13H2,1H3,(H,32,33). The first-order chi connectivity index (χ1) is 17.8. The molecule has 0 amide bonds. The Morgan fingerprint density at radius 2 is 1.86 bits per heavy atom. The number of ether oxygens (including phenoxy) is 2. The number of aromatic amines is 1. The first kappa shape index (κ1) is 24.2. The van der Waals surface area contributed by atoms with Crippen LogP contribution in [0, 0.1) is 17.8 Å². The van der Waals surface area contributed by atoms with E-state index in [9.17, 15) is 18.0 Å². The van der Waals surface area contributed by atoms with Gasteiger partial charge in [-0.2, -0.15) is 13.2 Å². The second-order valence-corrected chi connectivity index (χ2v) is 10.2. The van der Waals surface area contributed by atoms with Crippen LogP contribution in [0.2, 0.25) is 0 Å². The number of hydrogen-bond acceptors (Lipinski definition) is 6. The minimum absolute atomic E-state index is 0.0429. The third-order valence-corrected chi connectivity index (χ3v) is 7.94. The van der Waals surface area contributed by atoms with Crippen LogP contribution in [0.3, 0.4) is 0 Å². The molecule has 3 fully saturated rings. The molecule has 0 bridgehead atoms. The van der Waals surface area contributed by atoms with Crippen LogP contribution >= 0.6 is 0 Å². The van der Waals surface area contributed by atoms with Crippen molar-refractivity contribution in [2.75, 3.05) is 24.6 Å². The number of hydrogen-bond donors (Lipinski definition) is 1. The number of aromatic nitrogens is 3. The molecular formula is C27H29F3N4O3. The zero-order valence-electron chi connectivity index (χ0n) is 20.5. The van der Waals surface area contributed by atoms with Crippen molar-refractivity contribution in [3.05, 3.63) is 42.1 Å². The Morgan fingerprint density at radius 1 is 1.11 bits per heavy atom. The van der Waals surface area contributed by atoms with Crippen LogP contribution in [0.25, 0.3) is 22.4 Å². The van der Waals surface area contributed by atoms with Crippen LogP contribution in [-0.2, 0) is 20.4 Å². The zero-order valence-corrected chi connectivity index (χ0v) is 20.5. The van der Waals surface area contributed by atoms with Gasteiger partial charge in [0.2, 0.25) is 0 Å².